The molecule has 1 unspecified atom stereocenters. The molecule has 1 aliphatic heterocycles. The zero-order valence-corrected chi connectivity index (χ0v) is 24.9. The molecule has 2 aromatic heterocycles. The van der Waals surface area contributed by atoms with Crippen LogP contribution >= 0.6 is 0 Å². The van der Waals surface area contributed by atoms with E-state index in [4.69, 9.17) is 4.74 Å². The summed E-state index contributed by atoms with van der Waals surface area (Å²) in [5, 5.41) is 7.94. The molecule has 0 bridgehead atoms. The number of amides is 2. The van der Waals surface area contributed by atoms with Crippen LogP contribution in [-0.4, -0.2) is 66.3 Å². The van der Waals surface area contributed by atoms with Gasteiger partial charge in [0.15, 0.2) is 0 Å². The highest BCUT2D eigenvalue weighted by Gasteiger charge is 2.34. The highest BCUT2D eigenvalue weighted by atomic mass is 16.5. The van der Waals surface area contributed by atoms with Crippen molar-refractivity contribution in [1.29, 1.82) is 0 Å². The Morgan fingerprint density at radius 2 is 1.67 bits per heavy atom. The van der Waals surface area contributed by atoms with Crippen LogP contribution in [-0.2, 0) is 35.5 Å². The van der Waals surface area contributed by atoms with Gasteiger partial charge in [-0.15, -0.1) is 5.10 Å². The summed E-state index contributed by atoms with van der Waals surface area (Å²) in [7, 11) is 1.50. The summed E-state index contributed by atoms with van der Waals surface area (Å²) >= 11 is 0. The van der Waals surface area contributed by atoms with Crippen LogP contribution in [0.1, 0.15) is 27.8 Å². The van der Waals surface area contributed by atoms with Gasteiger partial charge in [-0.2, -0.15) is 0 Å². The molecule has 3 heterocycles. The van der Waals surface area contributed by atoms with Gasteiger partial charge in [0, 0.05) is 50.1 Å². The summed E-state index contributed by atoms with van der Waals surface area (Å²) < 4.78 is 6.72. The quantitative estimate of drug-likeness (QED) is 0.220. The van der Waals surface area contributed by atoms with Crippen LogP contribution in [0.4, 0.5) is 0 Å². The van der Waals surface area contributed by atoms with Crippen molar-refractivity contribution in [1.82, 2.24) is 34.8 Å². The fraction of sp³-hybridized carbons (Fsp3) is 0.200. The van der Waals surface area contributed by atoms with Gasteiger partial charge in [0.1, 0.15) is 6.04 Å². The van der Waals surface area contributed by atoms with E-state index in [0.29, 0.717) is 25.1 Å². The molecule has 0 radical (unpaired) electrons. The van der Waals surface area contributed by atoms with Crippen LogP contribution in [0.15, 0.2) is 110 Å². The second kappa shape index (κ2) is 13.8. The van der Waals surface area contributed by atoms with E-state index >= 15 is 0 Å². The number of ether oxygens (including phenoxy) is 1. The normalized spacial score (nSPS) is 13.3. The summed E-state index contributed by atoms with van der Waals surface area (Å²) in [5.41, 5.74) is 5.73. The maximum atomic E-state index is 14.5. The zero-order chi connectivity index (χ0) is 31.0. The van der Waals surface area contributed by atoms with Crippen LogP contribution < -0.4 is 4.74 Å². The SMILES string of the molecule is COc1ncc(C=CC(=O)N(Cc2ccc(-n3ccnn3)cc2)C(Cc2ccccc2)C(=O)N2CCc3ccccc3C2)cn1. The van der Waals surface area contributed by atoms with Gasteiger partial charge in [0.05, 0.1) is 25.2 Å². The summed E-state index contributed by atoms with van der Waals surface area (Å²) in [5.74, 6) is -0.375. The lowest BCUT2D eigenvalue weighted by Gasteiger charge is -2.37. The maximum Gasteiger partial charge on any atom is 0.316 e. The number of aromatic nitrogens is 5. The summed E-state index contributed by atoms with van der Waals surface area (Å²) in [6.07, 6.45) is 10.8. The lowest BCUT2D eigenvalue weighted by atomic mass is 9.97. The Hall–Kier alpha value is -5.64. The minimum absolute atomic E-state index is 0.0814. The van der Waals surface area contributed by atoms with Crippen molar-refractivity contribution in [2.75, 3.05) is 13.7 Å². The summed E-state index contributed by atoms with van der Waals surface area (Å²) in [4.78, 5) is 40.4. The number of rotatable bonds is 10. The van der Waals surface area contributed by atoms with Gasteiger partial charge in [-0.3, -0.25) is 9.59 Å². The molecule has 226 valence electrons. The number of methoxy groups -OCH3 is 1. The lowest BCUT2D eigenvalue weighted by molar-refractivity contribution is -0.144. The molecule has 0 N–H and O–H groups in total. The number of benzene rings is 3. The first kappa shape index (κ1) is 29.4. The number of fused-ring (bicyclic) bond motifs is 1. The maximum absolute atomic E-state index is 14.5. The van der Waals surface area contributed by atoms with Crippen LogP contribution in [0.3, 0.4) is 0 Å². The van der Waals surface area contributed by atoms with Crippen molar-refractivity contribution in [3.63, 3.8) is 0 Å². The Kier molecular flexibility index (Phi) is 9.01. The second-order valence-electron chi connectivity index (χ2n) is 10.8. The van der Waals surface area contributed by atoms with E-state index in [1.807, 2.05) is 71.6 Å². The molecule has 1 atom stereocenters. The van der Waals surface area contributed by atoms with Gasteiger partial charge >= 0.3 is 6.01 Å². The van der Waals surface area contributed by atoms with E-state index in [0.717, 1.165) is 28.8 Å². The van der Waals surface area contributed by atoms with Gasteiger partial charge in [-0.25, -0.2) is 14.6 Å². The van der Waals surface area contributed by atoms with Gasteiger partial charge < -0.3 is 14.5 Å². The third kappa shape index (κ3) is 7.13. The van der Waals surface area contributed by atoms with Crippen molar-refractivity contribution in [2.24, 2.45) is 0 Å². The third-order valence-corrected chi connectivity index (χ3v) is 7.88. The molecule has 0 spiro atoms. The Balaban J connectivity index is 1.33. The highest BCUT2D eigenvalue weighted by Crippen LogP contribution is 2.23. The topological polar surface area (TPSA) is 106 Å². The molecule has 1 aliphatic rings. The lowest BCUT2D eigenvalue weighted by Crippen LogP contribution is -2.52. The Labute approximate surface area is 261 Å². The first-order chi connectivity index (χ1) is 22.1. The molecule has 2 amide bonds. The number of hydrogen-bond acceptors (Lipinski definition) is 7. The minimum atomic E-state index is -0.739. The standard InChI is InChI=1S/C35H33N7O3/c1-45-35-36-22-28(23-37-35)13-16-33(43)41(24-27-11-14-31(15-12-27)42-20-18-38-39-42)32(21-26-7-3-2-4-8-26)34(44)40-19-17-29-9-5-6-10-30(29)25-40/h2-16,18,20,22-23,32H,17,19,21,24-25H2,1H3. The highest BCUT2D eigenvalue weighted by molar-refractivity contribution is 5.95. The molecule has 0 saturated carbocycles. The molecule has 10 nitrogen and oxygen atoms in total. The third-order valence-electron chi connectivity index (χ3n) is 7.88. The average molecular weight is 600 g/mol. The van der Waals surface area contributed by atoms with Crippen molar-refractivity contribution in [3.8, 4) is 11.7 Å². The van der Waals surface area contributed by atoms with Crippen molar-refractivity contribution in [3.05, 3.63) is 138 Å². The van der Waals surface area contributed by atoms with Gasteiger partial charge in [-0.05, 0) is 46.9 Å². The first-order valence-corrected chi connectivity index (χ1v) is 14.8. The van der Waals surface area contributed by atoms with E-state index < -0.39 is 6.04 Å². The predicted octanol–water partition coefficient (Wildman–Crippen LogP) is 4.30. The molecule has 10 heteroatoms. The van der Waals surface area contributed by atoms with Crippen LogP contribution in [0.25, 0.3) is 11.8 Å². The fourth-order valence-electron chi connectivity index (χ4n) is 5.48. The second-order valence-corrected chi connectivity index (χ2v) is 10.8. The largest absolute Gasteiger partial charge is 0.467 e. The van der Waals surface area contributed by atoms with Crippen LogP contribution in [0.5, 0.6) is 6.01 Å². The van der Waals surface area contributed by atoms with Gasteiger partial charge in [0.2, 0.25) is 11.8 Å². The minimum Gasteiger partial charge on any atom is -0.467 e. The number of carbonyl (C=O) groups excluding carboxylic acids is 2. The van der Waals surface area contributed by atoms with Crippen LogP contribution in [0.2, 0.25) is 0 Å². The molecule has 45 heavy (non-hydrogen) atoms. The van der Waals surface area contributed by atoms with Crippen molar-refractivity contribution in [2.45, 2.75) is 32.0 Å². The molecule has 5 aromatic rings. The van der Waals surface area contributed by atoms with E-state index in [1.54, 1.807) is 40.4 Å². The molecule has 0 aliphatic carbocycles. The van der Waals surface area contributed by atoms with Crippen molar-refractivity contribution < 1.29 is 14.3 Å². The van der Waals surface area contributed by atoms with E-state index in [2.05, 4.69) is 32.4 Å². The first-order valence-electron chi connectivity index (χ1n) is 14.8. The average Bonchev–Trinajstić information content (AvgIpc) is 3.64. The fourth-order valence-corrected chi connectivity index (χ4v) is 5.48. The number of hydrogen-bond donors (Lipinski definition) is 0. The number of nitrogens with zero attached hydrogens (tertiary/aromatic N) is 7. The Bertz CT molecular complexity index is 1760. The van der Waals surface area contributed by atoms with E-state index in [-0.39, 0.29) is 24.4 Å². The van der Waals surface area contributed by atoms with Crippen molar-refractivity contribution >= 4 is 17.9 Å². The Morgan fingerprint density at radius 3 is 2.38 bits per heavy atom. The smallest absolute Gasteiger partial charge is 0.316 e. The monoisotopic (exact) mass is 599 g/mol. The summed E-state index contributed by atoms with van der Waals surface area (Å²) in [6, 6.07) is 25.3. The van der Waals surface area contributed by atoms with Gasteiger partial charge in [-0.1, -0.05) is 71.9 Å². The molecular weight excluding hydrogens is 566 g/mol. The van der Waals surface area contributed by atoms with Gasteiger partial charge in [0.25, 0.3) is 0 Å². The predicted molar refractivity (Wildman–Crippen MR) is 169 cm³/mol. The molecule has 0 fully saturated rings. The molecular formula is C35H33N7O3. The van der Waals surface area contributed by atoms with E-state index in [1.165, 1.54) is 18.7 Å². The molecule has 0 saturated heterocycles. The summed E-state index contributed by atoms with van der Waals surface area (Å²) in [6.45, 7) is 1.33. The van der Waals surface area contributed by atoms with Crippen LogP contribution in [0, 0.1) is 0 Å². The molecule has 3 aromatic carbocycles. The Morgan fingerprint density at radius 1 is 0.933 bits per heavy atom. The zero-order valence-electron chi connectivity index (χ0n) is 24.9. The number of carbonyl (C=O) groups is 2. The molecule has 6 rings (SSSR count). The van der Waals surface area contributed by atoms with E-state index in [9.17, 15) is 9.59 Å².